The van der Waals surface area contributed by atoms with E-state index >= 15 is 0 Å². The monoisotopic (exact) mass is 1210 g/mol. The molecule has 0 amide bonds. The average Bonchev–Trinajstić information content (AvgIpc) is 1.87. The number of carbonyl (C=O) groups is 3. The second kappa shape index (κ2) is 18.0. The van der Waals surface area contributed by atoms with E-state index in [0.29, 0.717) is 90.8 Å². The van der Waals surface area contributed by atoms with Crippen LogP contribution in [-0.2, 0) is 11.2 Å². The molecule has 22 heteroatoms. The Labute approximate surface area is 497 Å². The van der Waals surface area contributed by atoms with Crippen molar-refractivity contribution in [3.8, 4) is 75.3 Å². The van der Waals surface area contributed by atoms with Gasteiger partial charge in [-0.25, -0.2) is 27.5 Å². The van der Waals surface area contributed by atoms with E-state index in [2.05, 4.69) is 9.69 Å². The second-order valence-electron chi connectivity index (χ2n) is 21.1. The number of Topliss-reactive ketones (excluding diaryl/α,β-unsaturated/α-hetero) is 2. The van der Waals surface area contributed by atoms with Crippen LogP contribution in [0.4, 0.5) is 17.6 Å². The molecular weight excluding hydrogens is 1190 g/mol. The quantitative estimate of drug-likeness (QED) is 0.0709. The minimum Gasteiger partial charge on any atom is -0.482 e. The summed E-state index contributed by atoms with van der Waals surface area (Å²) in [4.78, 5) is 65.0. The van der Waals surface area contributed by atoms with Crippen LogP contribution in [0.3, 0.4) is 0 Å². The van der Waals surface area contributed by atoms with Crippen LogP contribution in [0.2, 0.25) is 0 Å². The number of benzene rings is 4. The molecule has 0 unspecified atom stereocenters. The lowest BCUT2D eigenvalue weighted by Gasteiger charge is -2.31. The maximum atomic E-state index is 14.7. The molecule has 10 aromatic rings. The van der Waals surface area contributed by atoms with Crippen LogP contribution in [0, 0.1) is 59.1 Å². The highest BCUT2D eigenvalue weighted by Crippen LogP contribution is 2.59. The van der Waals surface area contributed by atoms with Gasteiger partial charge in [0, 0.05) is 80.7 Å². The number of aromatic nitrogens is 4. The summed E-state index contributed by atoms with van der Waals surface area (Å²) in [5.74, 6) is -6.11. The zero-order valence-corrected chi connectivity index (χ0v) is 47.8. The van der Waals surface area contributed by atoms with Crippen LogP contribution >= 0.6 is 57.1 Å². The van der Waals surface area contributed by atoms with Crippen molar-refractivity contribution in [2.45, 2.75) is 38.9 Å². The third-order valence-electron chi connectivity index (χ3n) is 15.5. The van der Waals surface area contributed by atoms with E-state index < -0.39 is 57.4 Å². The zero-order chi connectivity index (χ0) is 59.0. The lowest BCUT2D eigenvalue weighted by atomic mass is 9.93. The molecule has 0 bridgehead atoms. The highest BCUT2D eigenvalue weighted by atomic mass is 32.1. The smallest absolute Gasteiger partial charge is 0.482 e. The number of allylic oxidation sites excluding steroid dienone is 5. The van der Waals surface area contributed by atoms with Crippen LogP contribution in [-0.4, -0.2) is 36.1 Å². The largest absolute Gasteiger partial charge is 0.528 e. The number of ketones is 3. The molecule has 0 N–H and O–H groups in total. The Balaban J connectivity index is 0.897. The van der Waals surface area contributed by atoms with Gasteiger partial charge < -0.3 is 9.47 Å². The molecule has 0 saturated carbocycles. The predicted molar refractivity (Wildman–Crippen MR) is 316 cm³/mol. The van der Waals surface area contributed by atoms with Crippen molar-refractivity contribution in [2.24, 2.45) is 0 Å². The lowest BCUT2D eigenvalue weighted by Crippen LogP contribution is -2.27. The molecule has 0 radical (unpaired) electrons. The summed E-state index contributed by atoms with van der Waals surface area (Å²) in [6.07, 6.45) is 3.01. The number of fused-ring (bicyclic) bond motifs is 13. The number of nitrogens with zero attached hydrogens (tertiary/aromatic N) is 8. The number of ether oxygens (including phenoxy) is 2. The summed E-state index contributed by atoms with van der Waals surface area (Å²) < 4.78 is 81.8. The lowest BCUT2D eigenvalue weighted by molar-refractivity contribution is 0.103. The van der Waals surface area contributed by atoms with Crippen LogP contribution in [0.15, 0.2) is 95.3 Å². The van der Waals surface area contributed by atoms with Gasteiger partial charge in [-0.05, 0) is 99.5 Å². The highest BCUT2D eigenvalue weighted by Gasteiger charge is 2.43. The molecule has 8 heterocycles. The Kier molecular flexibility index (Phi) is 11.0. The molecule has 0 atom stereocenters. The molecule has 85 heavy (non-hydrogen) atoms. The minimum atomic E-state index is -1.25. The fourth-order valence-corrected chi connectivity index (χ4v) is 17.3. The summed E-state index contributed by atoms with van der Waals surface area (Å²) in [5.41, 5.74) is 3.05. The summed E-state index contributed by atoms with van der Waals surface area (Å²) in [6.45, 7) is 23.1. The number of carbonyl (C=O) groups excluding carboxylic acids is 3. The van der Waals surface area contributed by atoms with Crippen molar-refractivity contribution >= 4 is 120 Å². The van der Waals surface area contributed by atoms with E-state index in [4.69, 9.17) is 41.3 Å². The third kappa shape index (κ3) is 7.34. The molecular formula is C63H26F4N8O5S5. The molecule has 0 fully saturated rings. The van der Waals surface area contributed by atoms with Gasteiger partial charge in [-0.1, -0.05) is 24.3 Å². The number of thiophene rings is 4. The molecule has 15 rings (SSSR count). The topological polar surface area (TPSA) is 178 Å². The first-order chi connectivity index (χ1) is 40.8. The SMILES string of the molecule is [C-]#[N+]C([N+]#[C-])=C1/C(=C/c2cc3c(s2)-c2sc(-c4c5nsnc5c(-c5cc6c(s5)-c5sc(/C=C7\C(=O)c8cc(F)c(F)cc8C7=C(C#N)C#N)cc5OC6(C)C)c5nc6c(nc45)C(=O)c4ccccc4-6)cc2C(C)(C)O3)C(=O)c2cc(F)c(F)cc21. The Bertz CT molecular complexity index is 5240. The molecule has 5 aliphatic rings. The second-order valence-corrected chi connectivity index (χ2v) is 25.9. The van der Waals surface area contributed by atoms with Gasteiger partial charge in [0.1, 0.15) is 87.0 Å². The summed E-state index contributed by atoms with van der Waals surface area (Å²) in [6, 6.07) is 21.5. The van der Waals surface area contributed by atoms with Crippen molar-refractivity contribution in [3.05, 3.63) is 196 Å². The number of rotatable bonds is 4. The molecule has 406 valence electrons. The third-order valence-corrected chi connectivity index (χ3v) is 20.8. The maximum absolute atomic E-state index is 14.7. The number of halogens is 4. The van der Waals surface area contributed by atoms with Crippen LogP contribution in [0.1, 0.15) is 96.5 Å². The van der Waals surface area contributed by atoms with Gasteiger partial charge >= 0.3 is 5.82 Å². The molecule has 13 nitrogen and oxygen atoms in total. The Morgan fingerprint density at radius 3 is 1.48 bits per heavy atom. The van der Waals surface area contributed by atoms with Crippen molar-refractivity contribution in [3.63, 3.8) is 0 Å². The van der Waals surface area contributed by atoms with Gasteiger partial charge in [0.15, 0.2) is 34.8 Å². The standard InChI is InChI=1S/C63H26F4N8O5S5/c1-62(2)34-19-42(83-57(34)59-40(79-62)13-24(81-59)11-32-44(23(21-68)22-69)28-15-36(64)38(66)17-30(28)54(32)76)46-49-50(73-53-48(72-49)26-9-7-8-10-27(26)56(53)78)47(52-51(46)74-85-75-52)43-20-35-58(84-43)60-41(80-63(35,3)4)14-25(82-60)12-33-45(61(70-5)71-6)29-16-37(65)39(67)18-31(29)55(33)77/h7-20H,1-4H3/b32-11-,33-12-. The number of hydrogen-bond acceptors (Lipinski definition) is 16. The van der Waals surface area contributed by atoms with E-state index in [0.717, 1.165) is 56.9 Å². The number of hydrogen-bond donors (Lipinski definition) is 0. The normalized spacial score (nSPS) is 16.2. The summed E-state index contributed by atoms with van der Waals surface area (Å²) in [5, 5.41) is 19.9. The van der Waals surface area contributed by atoms with Gasteiger partial charge in [0.2, 0.25) is 5.78 Å². The molecule has 2 aliphatic heterocycles. The highest BCUT2D eigenvalue weighted by molar-refractivity contribution is 7.25. The predicted octanol–water partition coefficient (Wildman–Crippen LogP) is 16.4. The fraction of sp³-hybridized carbons (Fsp3) is 0.0952. The average molecular weight is 1210 g/mol. The van der Waals surface area contributed by atoms with Crippen molar-refractivity contribution in [1.29, 1.82) is 10.5 Å². The van der Waals surface area contributed by atoms with Crippen LogP contribution in [0.5, 0.6) is 11.5 Å². The summed E-state index contributed by atoms with van der Waals surface area (Å²) >= 11 is 6.43. The van der Waals surface area contributed by atoms with Gasteiger partial charge in [0.25, 0.3) is 0 Å². The van der Waals surface area contributed by atoms with Crippen LogP contribution < -0.4 is 9.47 Å². The van der Waals surface area contributed by atoms with E-state index in [1.807, 2.05) is 52.0 Å². The van der Waals surface area contributed by atoms with Crippen molar-refractivity contribution in [1.82, 2.24) is 18.7 Å². The van der Waals surface area contributed by atoms with Crippen molar-refractivity contribution < 1.29 is 41.4 Å². The first kappa shape index (κ1) is 51.9. The van der Waals surface area contributed by atoms with Crippen LogP contribution in [0.25, 0.3) is 107 Å². The molecule has 6 aromatic heterocycles. The maximum Gasteiger partial charge on any atom is 0.528 e. The van der Waals surface area contributed by atoms with E-state index in [1.165, 1.54) is 57.5 Å². The Morgan fingerprint density at radius 1 is 0.553 bits per heavy atom. The number of nitriles is 2. The Morgan fingerprint density at radius 2 is 1.00 bits per heavy atom. The van der Waals surface area contributed by atoms with E-state index in [-0.39, 0.29) is 56.0 Å². The van der Waals surface area contributed by atoms with Gasteiger partial charge in [-0.2, -0.15) is 29.0 Å². The van der Waals surface area contributed by atoms with E-state index in [9.17, 15) is 42.5 Å². The van der Waals surface area contributed by atoms with Gasteiger partial charge in [-0.15, -0.1) is 45.3 Å². The molecule has 0 spiro atoms. The van der Waals surface area contributed by atoms with E-state index in [1.54, 1.807) is 36.4 Å². The molecule has 4 aromatic carbocycles. The van der Waals surface area contributed by atoms with Gasteiger partial charge in [0.05, 0.1) is 36.8 Å². The van der Waals surface area contributed by atoms with Crippen molar-refractivity contribution in [2.75, 3.05) is 0 Å². The first-order valence-electron chi connectivity index (χ1n) is 25.5. The fourth-order valence-electron chi connectivity index (χ4n) is 11.7. The minimum absolute atomic E-state index is 0.0481. The molecule has 0 saturated heterocycles. The van der Waals surface area contributed by atoms with Gasteiger partial charge in [-0.3, -0.25) is 14.4 Å². The molecule has 3 aliphatic carbocycles. The first-order valence-corrected chi connectivity index (χ1v) is 29.5. The zero-order valence-electron chi connectivity index (χ0n) is 43.8. The Hall–Kier alpha value is -9.91. The summed E-state index contributed by atoms with van der Waals surface area (Å²) in [7, 11) is 0.